The monoisotopic (exact) mass is 376 g/mol. The predicted molar refractivity (Wildman–Crippen MR) is 97.9 cm³/mol. The Hall–Kier alpha value is -2.15. The van der Waals surface area contributed by atoms with Crippen molar-refractivity contribution < 1.29 is 18.0 Å². The summed E-state index contributed by atoms with van der Waals surface area (Å²) in [5, 5.41) is 2.81. The summed E-state index contributed by atoms with van der Waals surface area (Å²) in [4.78, 5) is 24.3. The Balaban J connectivity index is 1.79. The van der Waals surface area contributed by atoms with E-state index in [0.717, 1.165) is 32.1 Å². The van der Waals surface area contributed by atoms with E-state index in [9.17, 15) is 18.0 Å². The molecule has 26 heavy (non-hydrogen) atoms. The van der Waals surface area contributed by atoms with E-state index in [1.54, 1.807) is 6.07 Å². The summed E-state index contributed by atoms with van der Waals surface area (Å²) in [5.41, 5.74) is 0.272. The van der Waals surface area contributed by atoms with Gasteiger partial charge in [-0.05, 0) is 49.8 Å². The van der Waals surface area contributed by atoms with Gasteiger partial charge in [-0.25, -0.2) is 13.1 Å². The Kier molecular flexibility index (Phi) is 5.76. The van der Waals surface area contributed by atoms with Gasteiger partial charge in [-0.1, -0.05) is 31.1 Å². The van der Waals surface area contributed by atoms with Gasteiger partial charge in [-0.15, -0.1) is 0 Å². The second-order valence-corrected chi connectivity index (χ2v) is 8.57. The number of fused-ring (bicyclic) bond motifs is 3. The lowest BCUT2D eigenvalue weighted by molar-refractivity contribution is -0.120. The number of sulfonamides is 1. The summed E-state index contributed by atoms with van der Waals surface area (Å²) in [7, 11) is -3.98. The molecule has 2 bridgehead atoms. The molecule has 1 fully saturated rings. The van der Waals surface area contributed by atoms with Gasteiger partial charge in [0.25, 0.3) is 15.9 Å². The van der Waals surface area contributed by atoms with Crippen molar-refractivity contribution in [2.24, 2.45) is 11.8 Å². The quantitative estimate of drug-likeness (QED) is 0.680. The van der Waals surface area contributed by atoms with Gasteiger partial charge in [0.1, 0.15) is 0 Å². The van der Waals surface area contributed by atoms with Crippen LogP contribution in [-0.2, 0) is 14.8 Å². The van der Waals surface area contributed by atoms with Crippen LogP contribution in [0.3, 0.4) is 0 Å². The van der Waals surface area contributed by atoms with Crippen LogP contribution < -0.4 is 10.0 Å². The van der Waals surface area contributed by atoms with Crippen molar-refractivity contribution in [1.29, 1.82) is 0 Å². The third kappa shape index (κ3) is 4.72. The molecule has 140 valence electrons. The lowest BCUT2D eigenvalue weighted by Gasteiger charge is -2.09. The van der Waals surface area contributed by atoms with Crippen LogP contribution >= 0.6 is 0 Å². The zero-order valence-electron chi connectivity index (χ0n) is 14.6. The van der Waals surface area contributed by atoms with E-state index in [0.29, 0.717) is 13.0 Å². The van der Waals surface area contributed by atoms with Crippen molar-refractivity contribution in [3.05, 3.63) is 42.0 Å². The molecule has 1 aliphatic carbocycles. The summed E-state index contributed by atoms with van der Waals surface area (Å²) in [6, 6.07) is 5.76. The van der Waals surface area contributed by atoms with E-state index in [1.165, 1.54) is 18.2 Å². The zero-order valence-corrected chi connectivity index (χ0v) is 15.4. The van der Waals surface area contributed by atoms with Crippen LogP contribution in [0.1, 0.15) is 48.9 Å². The molecule has 2 N–H and O–H groups in total. The van der Waals surface area contributed by atoms with Crippen LogP contribution in [0.25, 0.3) is 0 Å². The van der Waals surface area contributed by atoms with Crippen molar-refractivity contribution in [2.75, 3.05) is 6.54 Å². The molecule has 1 aromatic carbocycles. The van der Waals surface area contributed by atoms with Crippen molar-refractivity contribution in [3.63, 3.8) is 0 Å². The highest BCUT2D eigenvalue weighted by Gasteiger charge is 2.42. The van der Waals surface area contributed by atoms with Gasteiger partial charge >= 0.3 is 0 Å². The Bertz CT molecular complexity index is 817. The van der Waals surface area contributed by atoms with Crippen LogP contribution in [0.2, 0.25) is 0 Å². The minimum absolute atomic E-state index is 0.0765. The largest absolute Gasteiger partial charge is 0.352 e. The Labute approximate surface area is 154 Å². The van der Waals surface area contributed by atoms with Gasteiger partial charge in [0.15, 0.2) is 0 Å². The van der Waals surface area contributed by atoms with Crippen molar-refractivity contribution in [3.8, 4) is 0 Å². The smallest absolute Gasteiger partial charge is 0.264 e. The molecule has 0 radical (unpaired) electrons. The normalized spacial score (nSPS) is 27.8. The molecular formula is C19H24N2O4S. The van der Waals surface area contributed by atoms with Crippen LogP contribution in [0, 0.1) is 11.8 Å². The van der Waals surface area contributed by atoms with Crippen LogP contribution in [0.5, 0.6) is 0 Å². The predicted octanol–water partition coefficient (Wildman–Crippen LogP) is 2.38. The minimum atomic E-state index is -3.98. The standard InChI is InChI=1S/C19H24N2O4S/c22-18-15-9-7-10-16(12-15)26(24,25)21-19(23)17-13-14(17)8-5-3-1-2-4-6-11-20-18/h5,7-10,12,14,17H,1-4,6,11,13H2,(H,20,22)(H,21,23)/b8-5+/t14-,17+/m1/s1. The summed E-state index contributed by atoms with van der Waals surface area (Å²) >= 11 is 0. The molecular weight excluding hydrogens is 352 g/mol. The number of hydrogen-bond acceptors (Lipinski definition) is 4. The van der Waals surface area contributed by atoms with Gasteiger partial charge in [-0.2, -0.15) is 0 Å². The van der Waals surface area contributed by atoms with Gasteiger partial charge in [-0.3, -0.25) is 9.59 Å². The fourth-order valence-corrected chi connectivity index (χ4v) is 4.19. The fraction of sp³-hybridized carbons (Fsp3) is 0.474. The molecule has 0 aromatic heterocycles. The van der Waals surface area contributed by atoms with Crippen LogP contribution in [-0.4, -0.2) is 26.8 Å². The van der Waals surface area contributed by atoms with Crippen molar-refractivity contribution >= 4 is 21.8 Å². The number of rotatable bonds is 0. The van der Waals surface area contributed by atoms with Gasteiger partial charge < -0.3 is 5.32 Å². The number of carbonyl (C=O) groups is 2. The number of benzene rings is 1. The van der Waals surface area contributed by atoms with Crippen LogP contribution in [0.15, 0.2) is 41.3 Å². The lowest BCUT2D eigenvalue weighted by Crippen LogP contribution is -2.32. The number of amides is 2. The minimum Gasteiger partial charge on any atom is -0.352 e. The molecule has 6 nitrogen and oxygen atoms in total. The first kappa shape index (κ1) is 18.6. The summed E-state index contributed by atoms with van der Waals surface area (Å²) < 4.78 is 27.1. The molecule has 0 saturated heterocycles. The zero-order chi connectivity index (χ0) is 18.6. The Morgan fingerprint density at radius 1 is 1.04 bits per heavy atom. The number of carbonyl (C=O) groups excluding carboxylic acids is 2. The summed E-state index contributed by atoms with van der Waals surface area (Å²) in [5.74, 6) is -0.942. The first-order valence-corrected chi connectivity index (χ1v) is 10.6. The molecule has 0 spiro atoms. The average molecular weight is 376 g/mol. The number of hydrogen-bond donors (Lipinski definition) is 2. The maximum absolute atomic E-state index is 12.5. The van der Waals surface area contributed by atoms with E-state index in [2.05, 4.69) is 16.1 Å². The highest BCUT2D eigenvalue weighted by atomic mass is 32.2. The summed E-state index contributed by atoms with van der Waals surface area (Å²) in [6.45, 7) is 0.562. The highest BCUT2D eigenvalue weighted by molar-refractivity contribution is 7.90. The topological polar surface area (TPSA) is 92.3 Å². The maximum Gasteiger partial charge on any atom is 0.264 e. The Morgan fingerprint density at radius 3 is 2.69 bits per heavy atom. The molecule has 2 atom stereocenters. The van der Waals surface area contributed by atoms with E-state index in [4.69, 9.17) is 0 Å². The van der Waals surface area contributed by atoms with Crippen molar-refractivity contribution in [2.45, 2.75) is 43.4 Å². The van der Waals surface area contributed by atoms with E-state index < -0.39 is 15.9 Å². The molecule has 7 heteroatoms. The van der Waals surface area contributed by atoms with Crippen LogP contribution in [0.4, 0.5) is 0 Å². The lowest BCUT2D eigenvalue weighted by atomic mass is 10.1. The average Bonchev–Trinajstić information content (AvgIpc) is 3.39. The fourth-order valence-electron chi connectivity index (χ4n) is 3.12. The highest BCUT2D eigenvalue weighted by Crippen LogP contribution is 2.40. The first-order chi connectivity index (χ1) is 12.5. The molecule has 1 aromatic rings. The van der Waals surface area contributed by atoms with E-state index in [-0.39, 0.29) is 28.2 Å². The summed E-state index contributed by atoms with van der Waals surface area (Å²) in [6.07, 6.45) is 9.86. The second-order valence-electron chi connectivity index (χ2n) is 6.89. The number of allylic oxidation sites excluding steroid dienone is 2. The van der Waals surface area contributed by atoms with Crippen molar-refractivity contribution in [1.82, 2.24) is 10.0 Å². The molecule has 1 saturated carbocycles. The van der Waals surface area contributed by atoms with Gasteiger partial charge in [0.05, 0.1) is 4.90 Å². The van der Waals surface area contributed by atoms with Gasteiger partial charge in [0.2, 0.25) is 5.91 Å². The molecule has 0 unspecified atom stereocenters. The number of nitrogens with one attached hydrogen (secondary N) is 2. The third-order valence-corrected chi connectivity index (χ3v) is 6.13. The van der Waals surface area contributed by atoms with E-state index in [1.807, 2.05) is 6.08 Å². The van der Waals surface area contributed by atoms with E-state index >= 15 is 0 Å². The Morgan fingerprint density at radius 2 is 1.85 bits per heavy atom. The third-order valence-electron chi connectivity index (χ3n) is 4.78. The molecule has 1 heterocycles. The SMILES string of the molecule is O=C1NCCCCCC/C=C/[C@@H]2C[C@@H]2C(=O)NS(=O)(=O)c2cccc1c2. The molecule has 3 rings (SSSR count). The maximum atomic E-state index is 12.5. The molecule has 2 aliphatic rings. The first-order valence-electron chi connectivity index (χ1n) is 9.09. The molecule has 2 amide bonds. The second kappa shape index (κ2) is 8.03. The van der Waals surface area contributed by atoms with Gasteiger partial charge in [0, 0.05) is 18.0 Å². The molecule has 1 aliphatic heterocycles.